The molecular formula is C23H28N6O2. The molecule has 0 saturated carbocycles. The SMILES string of the molecule is CNC(C)C(=O)N[C@H](C(=O)N1c2ncccc2C[C@H]1c1nc2ccccc2[nH]1)C(C)C. The number of amides is 2. The van der Waals surface area contributed by atoms with Gasteiger partial charge in [-0.05, 0) is 43.7 Å². The maximum Gasteiger partial charge on any atom is 0.251 e. The zero-order valence-corrected chi connectivity index (χ0v) is 18.2. The maximum absolute atomic E-state index is 13.8. The molecule has 1 unspecified atom stereocenters. The third-order valence-electron chi connectivity index (χ3n) is 5.84. The molecule has 4 rings (SSSR count). The molecule has 0 fully saturated rings. The summed E-state index contributed by atoms with van der Waals surface area (Å²) in [4.78, 5) is 40.7. The number of para-hydroxylation sites is 2. The number of imidazole rings is 1. The Morgan fingerprint density at radius 1 is 1.16 bits per heavy atom. The average molecular weight is 421 g/mol. The molecule has 0 spiro atoms. The standard InChI is InChI=1S/C23H28N6O2/c1-13(2)19(28-22(30)14(3)24-4)23(31)29-18(12-15-8-7-11-25-21(15)29)20-26-16-9-5-6-10-17(16)27-20/h5-11,13-14,18-19,24H,12H2,1-4H3,(H,26,27)(H,28,30)/t14?,18-,19-/m0/s1. The first kappa shape index (κ1) is 21.0. The molecule has 8 nitrogen and oxygen atoms in total. The van der Waals surface area contributed by atoms with Crippen molar-refractivity contribution < 1.29 is 9.59 Å². The van der Waals surface area contributed by atoms with Crippen LogP contribution in [0.1, 0.15) is 38.2 Å². The largest absolute Gasteiger partial charge is 0.343 e. The fourth-order valence-corrected chi connectivity index (χ4v) is 3.93. The number of fused-ring (bicyclic) bond motifs is 2. The van der Waals surface area contributed by atoms with Gasteiger partial charge in [-0.25, -0.2) is 9.97 Å². The van der Waals surface area contributed by atoms with Gasteiger partial charge in [0.15, 0.2) is 0 Å². The number of hydrogen-bond donors (Lipinski definition) is 3. The van der Waals surface area contributed by atoms with E-state index in [4.69, 9.17) is 4.98 Å². The summed E-state index contributed by atoms with van der Waals surface area (Å²) in [7, 11) is 1.72. The lowest BCUT2D eigenvalue weighted by Gasteiger charge is -2.30. The summed E-state index contributed by atoms with van der Waals surface area (Å²) < 4.78 is 0. The number of aromatic amines is 1. The Morgan fingerprint density at radius 3 is 2.65 bits per heavy atom. The lowest BCUT2D eigenvalue weighted by atomic mass is 10.0. The van der Waals surface area contributed by atoms with Crippen molar-refractivity contribution in [2.75, 3.05) is 11.9 Å². The van der Waals surface area contributed by atoms with Gasteiger partial charge in [-0.15, -0.1) is 0 Å². The van der Waals surface area contributed by atoms with E-state index in [1.165, 1.54) is 0 Å². The molecular weight excluding hydrogens is 392 g/mol. The Balaban J connectivity index is 1.72. The van der Waals surface area contributed by atoms with Crippen molar-refractivity contribution in [3.05, 3.63) is 54.0 Å². The predicted octanol–water partition coefficient (Wildman–Crippen LogP) is 2.34. The molecule has 0 saturated heterocycles. The summed E-state index contributed by atoms with van der Waals surface area (Å²) in [6.45, 7) is 5.62. The van der Waals surface area contributed by atoms with Crippen molar-refractivity contribution in [2.24, 2.45) is 5.92 Å². The van der Waals surface area contributed by atoms with Gasteiger partial charge in [0.05, 0.1) is 17.1 Å². The lowest BCUT2D eigenvalue weighted by Crippen LogP contribution is -2.55. The normalized spacial score (nSPS) is 17.6. The van der Waals surface area contributed by atoms with Crippen molar-refractivity contribution in [1.82, 2.24) is 25.6 Å². The van der Waals surface area contributed by atoms with Crippen LogP contribution in [0.25, 0.3) is 11.0 Å². The molecule has 8 heteroatoms. The minimum atomic E-state index is -0.678. The monoisotopic (exact) mass is 420 g/mol. The number of carbonyl (C=O) groups is 2. The second kappa shape index (κ2) is 8.47. The van der Waals surface area contributed by atoms with Crippen LogP contribution in [0.3, 0.4) is 0 Å². The number of pyridine rings is 1. The van der Waals surface area contributed by atoms with E-state index in [1.54, 1.807) is 25.1 Å². The van der Waals surface area contributed by atoms with Gasteiger partial charge in [0.2, 0.25) is 5.91 Å². The quantitative estimate of drug-likeness (QED) is 0.568. The van der Waals surface area contributed by atoms with E-state index in [1.807, 2.05) is 50.2 Å². The van der Waals surface area contributed by atoms with Gasteiger partial charge < -0.3 is 15.6 Å². The smallest absolute Gasteiger partial charge is 0.251 e. The first-order valence-corrected chi connectivity index (χ1v) is 10.6. The van der Waals surface area contributed by atoms with E-state index in [2.05, 4.69) is 20.6 Å². The first-order valence-electron chi connectivity index (χ1n) is 10.6. The Kier molecular flexibility index (Phi) is 5.73. The van der Waals surface area contributed by atoms with Gasteiger partial charge in [0.25, 0.3) is 5.91 Å². The van der Waals surface area contributed by atoms with Crippen LogP contribution in [0.15, 0.2) is 42.6 Å². The Labute approximate surface area is 181 Å². The minimum absolute atomic E-state index is 0.0930. The van der Waals surface area contributed by atoms with Gasteiger partial charge in [-0.2, -0.15) is 0 Å². The number of rotatable bonds is 6. The van der Waals surface area contributed by atoms with E-state index >= 15 is 0 Å². The summed E-state index contributed by atoms with van der Waals surface area (Å²) in [6, 6.07) is 10.3. The summed E-state index contributed by atoms with van der Waals surface area (Å²) in [5.74, 6) is 0.846. The van der Waals surface area contributed by atoms with Crippen LogP contribution in [0.5, 0.6) is 0 Å². The van der Waals surface area contributed by atoms with E-state index in [0.29, 0.717) is 18.1 Å². The molecule has 0 aliphatic carbocycles. The Morgan fingerprint density at radius 2 is 1.94 bits per heavy atom. The maximum atomic E-state index is 13.8. The molecule has 1 aliphatic heterocycles. The third kappa shape index (κ3) is 3.90. The highest BCUT2D eigenvalue weighted by Gasteiger charge is 2.41. The van der Waals surface area contributed by atoms with Crippen LogP contribution in [0.2, 0.25) is 0 Å². The highest BCUT2D eigenvalue weighted by molar-refractivity contribution is 6.01. The van der Waals surface area contributed by atoms with Crippen LogP contribution in [-0.4, -0.2) is 45.9 Å². The number of carbonyl (C=O) groups excluding carboxylic acids is 2. The van der Waals surface area contributed by atoms with Crippen molar-refractivity contribution in [3.63, 3.8) is 0 Å². The molecule has 162 valence electrons. The number of nitrogens with one attached hydrogen (secondary N) is 3. The average Bonchev–Trinajstić information content (AvgIpc) is 3.37. The van der Waals surface area contributed by atoms with Gasteiger partial charge in [-0.3, -0.25) is 14.5 Å². The number of aromatic nitrogens is 3. The molecule has 31 heavy (non-hydrogen) atoms. The molecule has 3 atom stereocenters. The predicted molar refractivity (Wildman–Crippen MR) is 120 cm³/mol. The number of anilines is 1. The van der Waals surface area contributed by atoms with Crippen molar-refractivity contribution in [1.29, 1.82) is 0 Å². The van der Waals surface area contributed by atoms with Crippen LogP contribution < -0.4 is 15.5 Å². The first-order chi connectivity index (χ1) is 14.9. The van der Waals surface area contributed by atoms with Crippen LogP contribution in [-0.2, 0) is 16.0 Å². The summed E-state index contributed by atoms with van der Waals surface area (Å²) >= 11 is 0. The second-order valence-corrected chi connectivity index (χ2v) is 8.29. The number of likely N-dealkylation sites (N-methyl/N-ethyl adjacent to an activating group) is 1. The zero-order chi connectivity index (χ0) is 22.1. The molecule has 1 aliphatic rings. The van der Waals surface area contributed by atoms with Crippen LogP contribution in [0.4, 0.5) is 5.82 Å². The number of hydrogen-bond acceptors (Lipinski definition) is 5. The van der Waals surface area contributed by atoms with Gasteiger partial charge in [-0.1, -0.05) is 32.0 Å². The van der Waals surface area contributed by atoms with Crippen LogP contribution >= 0.6 is 0 Å². The summed E-state index contributed by atoms with van der Waals surface area (Å²) in [5, 5.41) is 5.84. The molecule has 0 bridgehead atoms. The van der Waals surface area contributed by atoms with Gasteiger partial charge in [0.1, 0.15) is 23.7 Å². The fourth-order valence-electron chi connectivity index (χ4n) is 3.93. The highest BCUT2D eigenvalue weighted by atomic mass is 16.2. The van der Waals surface area contributed by atoms with Crippen molar-refractivity contribution >= 4 is 28.7 Å². The van der Waals surface area contributed by atoms with Gasteiger partial charge >= 0.3 is 0 Å². The molecule has 0 radical (unpaired) electrons. The third-order valence-corrected chi connectivity index (χ3v) is 5.84. The number of benzene rings is 1. The van der Waals surface area contributed by atoms with E-state index in [9.17, 15) is 9.59 Å². The number of H-pyrrole nitrogens is 1. The summed E-state index contributed by atoms with van der Waals surface area (Å²) in [6.07, 6.45) is 2.30. The Bertz CT molecular complexity index is 1080. The van der Waals surface area contributed by atoms with Crippen molar-refractivity contribution in [3.8, 4) is 0 Å². The molecule has 1 aromatic carbocycles. The van der Waals surface area contributed by atoms with Gasteiger partial charge in [0, 0.05) is 12.6 Å². The molecule has 3 aromatic rings. The second-order valence-electron chi connectivity index (χ2n) is 8.29. The Hall–Kier alpha value is -3.26. The molecule has 2 aromatic heterocycles. The minimum Gasteiger partial charge on any atom is -0.343 e. The molecule has 3 N–H and O–H groups in total. The highest BCUT2D eigenvalue weighted by Crippen LogP contribution is 2.39. The summed E-state index contributed by atoms with van der Waals surface area (Å²) in [5.41, 5.74) is 2.76. The molecule has 3 heterocycles. The van der Waals surface area contributed by atoms with E-state index in [0.717, 1.165) is 16.6 Å². The van der Waals surface area contributed by atoms with Crippen LogP contribution in [0, 0.1) is 5.92 Å². The zero-order valence-electron chi connectivity index (χ0n) is 18.2. The number of nitrogens with zero attached hydrogens (tertiary/aromatic N) is 3. The van der Waals surface area contributed by atoms with E-state index in [-0.39, 0.29) is 23.8 Å². The fraction of sp³-hybridized carbons (Fsp3) is 0.391. The lowest BCUT2D eigenvalue weighted by molar-refractivity contribution is -0.129. The van der Waals surface area contributed by atoms with E-state index < -0.39 is 12.1 Å². The topological polar surface area (TPSA) is 103 Å². The van der Waals surface area contributed by atoms with Crippen molar-refractivity contribution in [2.45, 2.75) is 45.3 Å². The molecule has 2 amide bonds.